The third-order valence-corrected chi connectivity index (χ3v) is 6.16. The van der Waals surface area contributed by atoms with E-state index in [2.05, 4.69) is 10.2 Å². The van der Waals surface area contributed by atoms with Gasteiger partial charge in [0.05, 0.1) is 0 Å². The second-order valence-electron chi connectivity index (χ2n) is 7.53. The number of ether oxygens (including phenoxy) is 1. The average molecular weight is 349 g/mol. The fourth-order valence-corrected chi connectivity index (χ4v) is 5.48. The van der Waals surface area contributed by atoms with Gasteiger partial charge in [-0.15, -0.1) is 0 Å². The number of benzene rings is 1. The van der Waals surface area contributed by atoms with Gasteiger partial charge in [-0.25, -0.2) is 9.59 Å². The van der Waals surface area contributed by atoms with Crippen LogP contribution in [0.3, 0.4) is 0 Å². The highest BCUT2D eigenvalue weighted by atomic mass is 28.3. The number of nitrogens with zero attached hydrogens (tertiary/aromatic N) is 2. The highest BCUT2D eigenvalue weighted by Gasteiger charge is 2.42. The van der Waals surface area contributed by atoms with E-state index in [1.807, 2.05) is 47.6 Å². The molecule has 0 saturated carbocycles. The van der Waals surface area contributed by atoms with E-state index in [1.165, 1.54) is 0 Å². The van der Waals surface area contributed by atoms with Gasteiger partial charge in [0.15, 0.2) is 0 Å². The Balaban J connectivity index is 2.71. The quantitative estimate of drug-likeness (QED) is 0.509. The van der Waals surface area contributed by atoms with Crippen molar-refractivity contribution < 1.29 is 18.8 Å². The molecule has 0 bridgehead atoms. The molecular formula is C17H25N2O4Si. The number of para-hydroxylation sites is 1. The summed E-state index contributed by atoms with van der Waals surface area (Å²) in [6.07, 6.45) is -1.82. The van der Waals surface area contributed by atoms with Gasteiger partial charge in [0.2, 0.25) is 0 Å². The lowest BCUT2D eigenvalue weighted by Crippen LogP contribution is -2.39. The predicted molar refractivity (Wildman–Crippen MR) is 93.7 cm³/mol. The highest BCUT2D eigenvalue weighted by molar-refractivity contribution is 6.60. The number of hydrogen-bond donors (Lipinski definition) is 0. The third-order valence-electron chi connectivity index (χ3n) is 3.06. The summed E-state index contributed by atoms with van der Waals surface area (Å²) in [6, 6.07) is 7.01. The molecule has 7 heteroatoms. The van der Waals surface area contributed by atoms with Crippen LogP contribution in [0.1, 0.15) is 47.1 Å². The van der Waals surface area contributed by atoms with E-state index in [-0.39, 0.29) is 10.1 Å². The van der Waals surface area contributed by atoms with Crippen molar-refractivity contribution in [3.05, 3.63) is 29.8 Å². The number of hydrogen-bond acceptors (Lipinski definition) is 4. The molecule has 0 spiro atoms. The van der Waals surface area contributed by atoms with Crippen molar-refractivity contribution in [1.29, 1.82) is 0 Å². The topological polar surface area (TPSA) is 77.3 Å². The second kappa shape index (κ2) is 7.70. The number of azo groups is 1. The van der Waals surface area contributed by atoms with Crippen molar-refractivity contribution in [2.45, 2.75) is 58.5 Å². The first-order chi connectivity index (χ1) is 10.9. The number of carbonyl (C=O) groups is 2. The summed E-state index contributed by atoms with van der Waals surface area (Å²) >= 11 is 0. The summed E-state index contributed by atoms with van der Waals surface area (Å²) in [5.74, 6) is 0.379. The van der Waals surface area contributed by atoms with E-state index >= 15 is 0 Å². The van der Waals surface area contributed by atoms with Gasteiger partial charge < -0.3 is 9.16 Å². The van der Waals surface area contributed by atoms with Crippen LogP contribution in [0.2, 0.25) is 10.1 Å². The molecule has 1 rings (SSSR count). The summed E-state index contributed by atoms with van der Waals surface area (Å²) < 4.78 is 10.5. The Kier molecular flexibility index (Phi) is 6.42. The lowest BCUT2D eigenvalue weighted by atomic mass is 10.2. The molecule has 0 saturated heterocycles. The molecule has 0 fully saturated rings. The fraction of sp³-hybridized carbons (Fsp3) is 0.529. The molecule has 0 aliphatic rings. The van der Waals surface area contributed by atoms with Crippen molar-refractivity contribution in [1.82, 2.24) is 0 Å². The van der Waals surface area contributed by atoms with Gasteiger partial charge in [0.25, 0.3) is 9.04 Å². The molecule has 131 valence electrons. The zero-order valence-corrected chi connectivity index (χ0v) is 16.3. The molecule has 1 aromatic rings. The first kappa shape index (κ1) is 20.0. The number of carbonyl (C=O) groups excluding carboxylic acids is 2. The first-order valence-corrected chi connectivity index (χ1v) is 9.11. The normalized spacial score (nSPS) is 12.5. The average Bonchev–Trinajstić information content (AvgIpc) is 2.42. The molecule has 0 atom stereocenters. The lowest BCUT2D eigenvalue weighted by Gasteiger charge is -2.35. The van der Waals surface area contributed by atoms with Crippen molar-refractivity contribution in [2.75, 3.05) is 0 Å². The summed E-state index contributed by atoms with van der Waals surface area (Å²) in [4.78, 5) is 23.6. The molecule has 6 nitrogen and oxygen atoms in total. The van der Waals surface area contributed by atoms with Gasteiger partial charge in [-0.05, 0) is 28.6 Å². The van der Waals surface area contributed by atoms with Crippen LogP contribution in [-0.4, -0.2) is 21.2 Å². The van der Waals surface area contributed by atoms with Crippen LogP contribution in [0.4, 0.5) is 9.59 Å². The number of amides is 2. The SMILES string of the molecule is Cc1ccccc1OC(=O)N=NC(=O)O[Si](C(C)(C)C)C(C)(C)C. The lowest BCUT2D eigenvalue weighted by molar-refractivity contribution is 0.197. The van der Waals surface area contributed by atoms with Gasteiger partial charge in [-0.3, -0.25) is 0 Å². The van der Waals surface area contributed by atoms with Crippen LogP contribution >= 0.6 is 0 Å². The van der Waals surface area contributed by atoms with E-state index in [1.54, 1.807) is 25.1 Å². The van der Waals surface area contributed by atoms with E-state index in [0.29, 0.717) is 5.75 Å². The Morgan fingerprint density at radius 1 is 0.917 bits per heavy atom. The van der Waals surface area contributed by atoms with Crippen LogP contribution in [-0.2, 0) is 4.43 Å². The van der Waals surface area contributed by atoms with Gasteiger partial charge >= 0.3 is 12.2 Å². The monoisotopic (exact) mass is 349 g/mol. The summed E-state index contributed by atoms with van der Waals surface area (Å²) in [6.45, 7) is 13.9. The summed E-state index contributed by atoms with van der Waals surface area (Å²) in [7, 11) is -1.54. The highest BCUT2D eigenvalue weighted by Crippen LogP contribution is 2.42. The zero-order valence-electron chi connectivity index (χ0n) is 15.3. The predicted octanol–water partition coefficient (Wildman–Crippen LogP) is 5.67. The van der Waals surface area contributed by atoms with Crippen molar-refractivity contribution >= 4 is 21.2 Å². The van der Waals surface area contributed by atoms with Crippen LogP contribution in [0.15, 0.2) is 34.5 Å². The molecule has 0 unspecified atom stereocenters. The van der Waals surface area contributed by atoms with E-state index in [9.17, 15) is 9.59 Å². The second-order valence-corrected chi connectivity index (χ2v) is 11.4. The Morgan fingerprint density at radius 3 is 1.92 bits per heavy atom. The number of rotatable bonds is 2. The minimum absolute atomic E-state index is 0.171. The van der Waals surface area contributed by atoms with Gasteiger partial charge in [0.1, 0.15) is 5.75 Å². The summed E-state index contributed by atoms with van der Waals surface area (Å²) in [5, 5.41) is 6.27. The molecule has 1 aromatic carbocycles. The molecule has 2 amide bonds. The molecule has 1 radical (unpaired) electrons. The van der Waals surface area contributed by atoms with Crippen LogP contribution in [0.25, 0.3) is 0 Å². The van der Waals surface area contributed by atoms with Gasteiger partial charge in [-0.2, -0.15) is 0 Å². The Hall–Kier alpha value is -2.02. The van der Waals surface area contributed by atoms with Crippen LogP contribution in [0, 0.1) is 6.92 Å². The van der Waals surface area contributed by atoms with Crippen LogP contribution in [0.5, 0.6) is 5.75 Å². The first-order valence-electron chi connectivity index (χ1n) is 7.70. The largest absolute Gasteiger partial charge is 0.498 e. The summed E-state index contributed by atoms with van der Waals surface area (Å²) in [5.41, 5.74) is 0.787. The fourth-order valence-electron chi connectivity index (χ4n) is 2.41. The maximum atomic E-state index is 11.9. The van der Waals surface area contributed by atoms with Gasteiger partial charge in [-0.1, -0.05) is 70.0 Å². The molecule has 0 aromatic heterocycles. The minimum atomic E-state index is -1.54. The van der Waals surface area contributed by atoms with E-state index < -0.39 is 21.2 Å². The molecule has 0 aliphatic heterocycles. The van der Waals surface area contributed by atoms with E-state index in [4.69, 9.17) is 9.16 Å². The van der Waals surface area contributed by atoms with Gasteiger partial charge in [0, 0.05) is 0 Å². The molecule has 0 heterocycles. The zero-order chi connectivity index (χ0) is 18.5. The Labute approximate surface area is 145 Å². The maximum Gasteiger partial charge on any atom is 0.458 e. The Morgan fingerprint density at radius 2 is 1.42 bits per heavy atom. The van der Waals surface area contributed by atoms with Crippen LogP contribution < -0.4 is 4.74 Å². The minimum Gasteiger partial charge on any atom is -0.498 e. The molecule has 0 aliphatic carbocycles. The smallest absolute Gasteiger partial charge is 0.458 e. The maximum absolute atomic E-state index is 11.9. The van der Waals surface area contributed by atoms with Crippen molar-refractivity contribution in [3.63, 3.8) is 0 Å². The van der Waals surface area contributed by atoms with Crippen molar-refractivity contribution in [3.8, 4) is 5.75 Å². The Bertz CT molecular complexity index is 616. The van der Waals surface area contributed by atoms with E-state index in [0.717, 1.165) is 5.56 Å². The number of aryl methyl sites for hydroxylation is 1. The molecule has 24 heavy (non-hydrogen) atoms. The van der Waals surface area contributed by atoms with Crippen molar-refractivity contribution in [2.24, 2.45) is 10.2 Å². The molecular weight excluding hydrogens is 324 g/mol. The third kappa shape index (κ3) is 6.23. The molecule has 0 N–H and O–H groups in total. The standard InChI is InChI=1S/C17H25N2O4Si/c1-12-10-8-9-11-13(12)22-14(20)18-19-15(21)23-24(16(2,3)4)17(5,6)7/h8-11H,1-7H3.